The molecule has 0 radical (unpaired) electrons. The van der Waals surface area contributed by atoms with Gasteiger partial charge in [-0.25, -0.2) is 0 Å². The first kappa shape index (κ1) is 14.1. The molecule has 0 saturated carbocycles. The summed E-state index contributed by atoms with van der Waals surface area (Å²) >= 11 is 18.7. The van der Waals surface area contributed by atoms with Crippen LogP contribution in [-0.2, 0) is 0 Å². The number of benzene rings is 2. The number of halogens is 3. The first-order chi connectivity index (χ1) is 9.66. The van der Waals surface area contributed by atoms with Crippen LogP contribution >= 0.6 is 34.8 Å². The minimum Gasteiger partial charge on any atom is -0.493 e. The SMILES string of the molecule is Clc1ccc(C(Cl)C2CCOc3ccccc32)cc1Cl. The molecule has 20 heavy (non-hydrogen) atoms. The van der Waals surface area contributed by atoms with E-state index in [1.165, 1.54) is 0 Å². The lowest BCUT2D eigenvalue weighted by atomic mass is 9.87. The van der Waals surface area contributed by atoms with Crippen LogP contribution in [0.25, 0.3) is 0 Å². The second kappa shape index (κ2) is 5.85. The fraction of sp³-hybridized carbons (Fsp3) is 0.250. The van der Waals surface area contributed by atoms with Gasteiger partial charge in [0.1, 0.15) is 5.75 Å². The summed E-state index contributed by atoms with van der Waals surface area (Å²) in [4.78, 5) is 0. The van der Waals surface area contributed by atoms with Crippen molar-refractivity contribution >= 4 is 34.8 Å². The van der Waals surface area contributed by atoms with Crippen molar-refractivity contribution < 1.29 is 4.74 Å². The molecular weight excluding hydrogens is 315 g/mol. The molecule has 0 bridgehead atoms. The predicted molar refractivity (Wildman–Crippen MR) is 84.4 cm³/mol. The molecule has 2 unspecified atom stereocenters. The van der Waals surface area contributed by atoms with E-state index in [-0.39, 0.29) is 11.3 Å². The summed E-state index contributed by atoms with van der Waals surface area (Å²) in [6.45, 7) is 0.687. The van der Waals surface area contributed by atoms with Crippen molar-refractivity contribution in [2.75, 3.05) is 6.61 Å². The van der Waals surface area contributed by atoms with Gasteiger partial charge in [-0.05, 0) is 35.7 Å². The van der Waals surface area contributed by atoms with Gasteiger partial charge in [-0.15, -0.1) is 11.6 Å². The first-order valence-electron chi connectivity index (χ1n) is 6.47. The Morgan fingerprint density at radius 1 is 1.05 bits per heavy atom. The van der Waals surface area contributed by atoms with Gasteiger partial charge in [0.25, 0.3) is 0 Å². The van der Waals surface area contributed by atoms with Crippen LogP contribution in [0.15, 0.2) is 42.5 Å². The lowest BCUT2D eigenvalue weighted by Crippen LogP contribution is -2.17. The Bertz CT molecular complexity index is 627. The molecule has 104 valence electrons. The van der Waals surface area contributed by atoms with Gasteiger partial charge in [0, 0.05) is 5.92 Å². The molecular formula is C16H13Cl3O. The van der Waals surface area contributed by atoms with Crippen LogP contribution in [0, 0.1) is 0 Å². The quantitative estimate of drug-likeness (QED) is 0.630. The van der Waals surface area contributed by atoms with E-state index < -0.39 is 0 Å². The van der Waals surface area contributed by atoms with E-state index in [0.29, 0.717) is 16.7 Å². The van der Waals surface area contributed by atoms with Gasteiger partial charge in [-0.2, -0.15) is 0 Å². The van der Waals surface area contributed by atoms with Crippen molar-refractivity contribution in [3.63, 3.8) is 0 Å². The van der Waals surface area contributed by atoms with E-state index in [4.69, 9.17) is 39.5 Å². The third-order valence-electron chi connectivity index (χ3n) is 3.62. The van der Waals surface area contributed by atoms with Crippen LogP contribution < -0.4 is 4.74 Å². The summed E-state index contributed by atoms with van der Waals surface area (Å²) < 4.78 is 5.68. The summed E-state index contributed by atoms with van der Waals surface area (Å²) in [7, 11) is 0. The molecule has 1 aliphatic rings. The highest BCUT2D eigenvalue weighted by Gasteiger charge is 2.28. The van der Waals surface area contributed by atoms with E-state index in [2.05, 4.69) is 6.07 Å². The molecule has 0 spiro atoms. The largest absolute Gasteiger partial charge is 0.493 e. The second-order valence-corrected chi connectivity index (χ2v) is 6.14. The van der Waals surface area contributed by atoms with E-state index in [9.17, 15) is 0 Å². The zero-order chi connectivity index (χ0) is 14.1. The molecule has 2 aromatic rings. The third-order valence-corrected chi connectivity index (χ3v) is 4.92. The number of hydrogen-bond donors (Lipinski definition) is 0. The van der Waals surface area contributed by atoms with Crippen molar-refractivity contribution in [1.29, 1.82) is 0 Å². The number of alkyl halides is 1. The summed E-state index contributed by atoms with van der Waals surface area (Å²) in [6, 6.07) is 13.6. The number of para-hydroxylation sites is 1. The standard InChI is InChI=1S/C16H13Cl3O/c17-13-6-5-10(9-14(13)18)16(19)12-7-8-20-15-4-2-1-3-11(12)15/h1-6,9,12,16H,7-8H2. The molecule has 0 aliphatic carbocycles. The molecule has 0 aromatic heterocycles. The molecule has 0 fully saturated rings. The van der Waals surface area contributed by atoms with Crippen LogP contribution in [0.4, 0.5) is 0 Å². The maximum absolute atomic E-state index is 6.68. The number of fused-ring (bicyclic) bond motifs is 1. The molecule has 1 heterocycles. The summed E-state index contributed by atoms with van der Waals surface area (Å²) in [5.41, 5.74) is 2.15. The summed E-state index contributed by atoms with van der Waals surface area (Å²) in [5, 5.41) is 0.941. The Labute approximate surface area is 133 Å². The average molecular weight is 328 g/mol. The normalized spacial score (nSPS) is 19.1. The molecule has 2 aromatic carbocycles. The van der Waals surface area contributed by atoms with Gasteiger partial charge < -0.3 is 4.74 Å². The maximum Gasteiger partial charge on any atom is 0.122 e. The van der Waals surface area contributed by atoms with Gasteiger partial charge in [0.2, 0.25) is 0 Å². The van der Waals surface area contributed by atoms with Crippen molar-refractivity contribution in [1.82, 2.24) is 0 Å². The van der Waals surface area contributed by atoms with Crippen molar-refractivity contribution in [2.24, 2.45) is 0 Å². The minimum atomic E-state index is -0.144. The number of ether oxygens (including phenoxy) is 1. The van der Waals surface area contributed by atoms with Crippen LogP contribution in [-0.4, -0.2) is 6.61 Å². The van der Waals surface area contributed by atoms with Crippen molar-refractivity contribution in [2.45, 2.75) is 17.7 Å². The molecule has 0 saturated heterocycles. The predicted octanol–water partition coefficient (Wildman–Crippen LogP) is 5.84. The molecule has 0 N–H and O–H groups in total. The fourth-order valence-corrected chi connectivity index (χ4v) is 3.29. The topological polar surface area (TPSA) is 9.23 Å². The van der Waals surface area contributed by atoms with Crippen LogP contribution in [0.1, 0.15) is 28.8 Å². The molecule has 1 nitrogen and oxygen atoms in total. The Kier molecular flexibility index (Phi) is 4.11. The second-order valence-electron chi connectivity index (χ2n) is 4.86. The number of rotatable bonds is 2. The highest BCUT2D eigenvalue weighted by atomic mass is 35.5. The third kappa shape index (κ3) is 2.63. The van der Waals surface area contributed by atoms with Gasteiger partial charge in [-0.1, -0.05) is 47.5 Å². The van der Waals surface area contributed by atoms with Crippen LogP contribution in [0.2, 0.25) is 10.0 Å². The molecule has 3 rings (SSSR count). The van der Waals surface area contributed by atoms with Gasteiger partial charge in [0.15, 0.2) is 0 Å². The molecule has 4 heteroatoms. The molecule has 2 atom stereocenters. The van der Waals surface area contributed by atoms with Gasteiger partial charge in [-0.3, -0.25) is 0 Å². The molecule has 0 amide bonds. The maximum atomic E-state index is 6.68. The van der Waals surface area contributed by atoms with Gasteiger partial charge >= 0.3 is 0 Å². The summed E-state index contributed by atoms with van der Waals surface area (Å²) in [6.07, 6.45) is 0.894. The van der Waals surface area contributed by atoms with Crippen molar-refractivity contribution in [3.8, 4) is 5.75 Å². The van der Waals surface area contributed by atoms with Crippen LogP contribution in [0.3, 0.4) is 0 Å². The lowest BCUT2D eigenvalue weighted by molar-refractivity contribution is 0.265. The van der Waals surface area contributed by atoms with Crippen LogP contribution in [0.5, 0.6) is 5.75 Å². The summed E-state index contributed by atoms with van der Waals surface area (Å²) in [5.74, 6) is 1.15. The number of hydrogen-bond acceptors (Lipinski definition) is 1. The molecule has 1 aliphatic heterocycles. The van der Waals surface area contributed by atoms with Gasteiger partial charge in [0.05, 0.1) is 22.0 Å². The monoisotopic (exact) mass is 326 g/mol. The lowest BCUT2D eigenvalue weighted by Gasteiger charge is -2.29. The van der Waals surface area contributed by atoms with E-state index in [1.54, 1.807) is 6.07 Å². The highest BCUT2D eigenvalue weighted by molar-refractivity contribution is 6.42. The Hall–Kier alpha value is -0.890. The van der Waals surface area contributed by atoms with E-state index in [0.717, 1.165) is 23.3 Å². The minimum absolute atomic E-state index is 0.144. The zero-order valence-electron chi connectivity index (χ0n) is 10.7. The van der Waals surface area contributed by atoms with Crippen molar-refractivity contribution in [3.05, 3.63) is 63.6 Å². The Balaban J connectivity index is 1.95. The first-order valence-corrected chi connectivity index (χ1v) is 7.67. The Morgan fingerprint density at radius 2 is 1.85 bits per heavy atom. The van der Waals surface area contributed by atoms with E-state index in [1.807, 2.05) is 30.3 Å². The fourth-order valence-electron chi connectivity index (χ4n) is 2.59. The smallest absolute Gasteiger partial charge is 0.122 e. The highest BCUT2D eigenvalue weighted by Crippen LogP contribution is 2.45. The Morgan fingerprint density at radius 3 is 2.65 bits per heavy atom. The van der Waals surface area contributed by atoms with E-state index >= 15 is 0 Å². The zero-order valence-corrected chi connectivity index (χ0v) is 12.9. The average Bonchev–Trinajstić information content (AvgIpc) is 2.49.